The van der Waals surface area contributed by atoms with Gasteiger partial charge in [-0.3, -0.25) is 4.79 Å². The third-order valence-electron chi connectivity index (χ3n) is 2.64. The van der Waals surface area contributed by atoms with Gasteiger partial charge < -0.3 is 15.5 Å². The molecule has 0 spiro atoms. The number of hydrogen-bond acceptors (Lipinski definition) is 3. The zero-order valence-corrected chi connectivity index (χ0v) is 10.5. The van der Waals surface area contributed by atoms with Crippen LogP contribution in [0.25, 0.3) is 6.08 Å². The number of aliphatic hydroxyl groups excluding tert-OH is 1. The summed E-state index contributed by atoms with van der Waals surface area (Å²) in [6.07, 6.45) is 4.49. The lowest BCUT2D eigenvalue weighted by Gasteiger charge is -2.13. The van der Waals surface area contributed by atoms with Gasteiger partial charge >= 0.3 is 0 Å². The summed E-state index contributed by atoms with van der Waals surface area (Å²) in [6, 6.07) is 6.59. The number of nitrogens with one attached hydrogen (secondary N) is 1. The molecule has 0 saturated heterocycles. The number of carbonyl (C=O) groups excluding carboxylic acids is 1. The van der Waals surface area contributed by atoms with Gasteiger partial charge in [-0.05, 0) is 36.6 Å². The van der Waals surface area contributed by atoms with Gasteiger partial charge in [0.2, 0.25) is 5.91 Å². The first-order chi connectivity index (χ1) is 8.65. The normalized spacial score (nSPS) is 12.6. The third-order valence-corrected chi connectivity index (χ3v) is 2.64. The highest BCUT2D eigenvalue weighted by molar-refractivity contribution is 5.91. The van der Waals surface area contributed by atoms with Crippen LogP contribution < -0.4 is 5.32 Å². The molecule has 1 amide bonds. The van der Waals surface area contributed by atoms with E-state index in [4.69, 9.17) is 10.2 Å². The van der Waals surface area contributed by atoms with Gasteiger partial charge in [0, 0.05) is 18.7 Å². The third kappa shape index (κ3) is 5.01. The molecule has 0 radical (unpaired) electrons. The van der Waals surface area contributed by atoms with Crippen LogP contribution in [0.2, 0.25) is 0 Å². The first-order valence-corrected chi connectivity index (χ1v) is 6.04. The standard InChI is InChI=1S/C14H19NO3/c1-2-12(9-10-16)15-14(18)8-5-11-3-6-13(17)7-4-11/h3-8,12,16-17H,2,9-10H2,1H3,(H,15,18)/b8-5+. The van der Waals surface area contributed by atoms with Crippen LogP contribution in [0.3, 0.4) is 0 Å². The molecule has 0 fully saturated rings. The van der Waals surface area contributed by atoms with Crippen molar-refractivity contribution in [2.75, 3.05) is 6.61 Å². The molecule has 0 aliphatic heterocycles. The maximum atomic E-state index is 11.6. The lowest BCUT2D eigenvalue weighted by molar-refractivity contribution is -0.117. The van der Waals surface area contributed by atoms with E-state index >= 15 is 0 Å². The molecular formula is C14H19NO3. The van der Waals surface area contributed by atoms with Crippen molar-refractivity contribution in [3.8, 4) is 5.75 Å². The Kier molecular flexibility index (Phi) is 5.94. The lowest BCUT2D eigenvalue weighted by atomic mass is 10.1. The molecule has 1 rings (SSSR count). The summed E-state index contributed by atoms with van der Waals surface area (Å²) in [5.41, 5.74) is 0.846. The molecule has 4 nitrogen and oxygen atoms in total. The SMILES string of the molecule is CCC(CCO)NC(=O)/C=C/c1ccc(O)cc1. The molecule has 0 aliphatic carbocycles. The van der Waals surface area contributed by atoms with Crippen LogP contribution in [-0.2, 0) is 4.79 Å². The average molecular weight is 249 g/mol. The molecular weight excluding hydrogens is 230 g/mol. The largest absolute Gasteiger partial charge is 0.508 e. The first kappa shape index (κ1) is 14.3. The highest BCUT2D eigenvalue weighted by Gasteiger charge is 2.06. The predicted molar refractivity (Wildman–Crippen MR) is 71.1 cm³/mol. The summed E-state index contributed by atoms with van der Waals surface area (Å²) < 4.78 is 0. The zero-order valence-electron chi connectivity index (χ0n) is 10.5. The highest BCUT2D eigenvalue weighted by Crippen LogP contribution is 2.10. The van der Waals surface area contributed by atoms with Gasteiger partial charge in [0.15, 0.2) is 0 Å². The van der Waals surface area contributed by atoms with E-state index in [9.17, 15) is 4.79 Å². The minimum atomic E-state index is -0.177. The molecule has 4 heteroatoms. The molecule has 0 bridgehead atoms. The van der Waals surface area contributed by atoms with Crippen molar-refractivity contribution in [3.05, 3.63) is 35.9 Å². The topological polar surface area (TPSA) is 69.6 Å². The van der Waals surface area contributed by atoms with Crippen LogP contribution in [0.5, 0.6) is 5.75 Å². The monoisotopic (exact) mass is 249 g/mol. The van der Waals surface area contributed by atoms with E-state index in [1.807, 2.05) is 6.92 Å². The van der Waals surface area contributed by atoms with Crippen molar-refractivity contribution >= 4 is 12.0 Å². The van der Waals surface area contributed by atoms with Gasteiger partial charge in [-0.2, -0.15) is 0 Å². The molecule has 1 aromatic carbocycles. The second-order valence-electron chi connectivity index (χ2n) is 4.05. The lowest BCUT2D eigenvalue weighted by Crippen LogP contribution is -2.33. The number of benzene rings is 1. The van der Waals surface area contributed by atoms with Crippen LogP contribution in [0.1, 0.15) is 25.3 Å². The molecule has 0 heterocycles. The fourth-order valence-corrected chi connectivity index (χ4v) is 1.54. The number of phenols is 1. The Morgan fingerprint density at radius 2 is 2.06 bits per heavy atom. The molecule has 1 atom stereocenters. The number of amides is 1. The molecule has 0 aliphatic rings. The minimum Gasteiger partial charge on any atom is -0.508 e. The fraction of sp³-hybridized carbons (Fsp3) is 0.357. The van der Waals surface area contributed by atoms with E-state index in [0.717, 1.165) is 12.0 Å². The molecule has 0 saturated carbocycles. The van der Waals surface area contributed by atoms with E-state index in [2.05, 4.69) is 5.32 Å². The second kappa shape index (κ2) is 7.50. The Hall–Kier alpha value is -1.81. The summed E-state index contributed by atoms with van der Waals surface area (Å²) in [5.74, 6) is 0.0222. The predicted octanol–water partition coefficient (Wildman–Crippen LogP) is 1.68. The summed E-state index contributed by atoms with van der Waals surface area (Å²) in [4.78, 5) is 11.6. The Morgan fingerprint density at radius 3 is 2.61 bits per heavy atom. The summed E-state index contributed by atoms with van der Waals surface area (Å²) in [7, 11) is 0. The van der Waals surface area contributed by atoms with E-state index in [1.54, 1.807) is 30.3 Å². The van der Waals surface area contributed by atoms with Crippen molar-refractivity contribution in [1.29, 1.82) is 0 Å². The summed E-state index contributed by atoms with van der Waals surface area (Å²) in [5, 5.41) is 20.8. The van der Waals surface area contributed by atoms with Crippen molar-refractivity contribution in [1.82, 2.24) is 5.32 Å². The highest BCUT2D eigenvalue weighted by atomic mass is 16.3. The van der Waals surface area contributed by atoms with Crippen LogP contribution in [-0.4, -0.2) is 28.8 Å². The number of phenolic OH excluding ortho intramolecular Hbond substituents is 1. The molecule has 0 aromatic heterocycles. The number of hydrogen-bond donors (Lipinski definition) is 3. The zero-order chi connectivity index (χ0) is 13.4. The van der Waals surface area contributed by atoms with Gasteiger partial charge in [0.25, 0.3) is 0 Å². The van der Waals surface area contributed by atoms with Gasteiger partial charge in [0.05, 0.1) is 0 Å². The smallest absolute Gasteiger partial charge is 0.244 e. The maximum Gasteiger partial charge on any atom is 0.244 e. The van der Waals surface area contributed by atoms with Crippen LogP contribution in [0, 0.1) is 0 Å². The average Bonchev–Trinajstić information content (AvgIpc) is 2.37. The molecule has 18 heavy (non-hydrogen) atoms. The fourth-order valence-electron chi connectivity index (χ4n) is 1.54. The molecule has 1 unspecified atom stereocenters. The van der Waals surface area contributed by atoms with Gasteiger partial charge in [-0.15, -0.1) is 0 Å². The van der Waals surface area contributed by atoms with Crippen LogP contribution in [0.15, 0.2) is 30.3 Å². The van der Waals surface area contributed by atoms with Gasteiger partial charge in [0.1, 0.15) is 5.75 Å². The number of aromatic hydroxyl groups is 1. The Labute approximate surface area is 107 Å². The molecule has 98 valence electrons. The number of rotatable bonds is 6. The summed E-state index contributed by atoms with van der Waals surface area (Å²) >= 11 is 0. The van der Waals surface area contributed by atoms with E-state index in [1.165, 1.54) is 6.08 Å². The number of carbonyl (C=O) groups is 1. The van der Waals surface area contributed by atoms with Crippen molar-refractivity contribution in [2.24, 2.45) is 0 Å². The Morgan fingerprint density at radius 1 is 1.39 bits per heavy atom. The van der Waals surface area contributed by atoms with E-state index in [0.29, 0.717) is 6.42 Å². The van der Waals surface area contributed by atoms with Crippen LogP contribution in [0.4, 0.5) is 0 Å². The Balaban J connectivity index is 2.50. The molecule has 1 aromatic rings. The minimum absolute atomic E-state index is 0.00645. The number of aliphatic hydroxyl groups is 1. The van der Waals surface area contributed by atoms with Gasteiger partial charge in [-0.25, -0.2) is 0 Å². The van der Waals surface area contributed by atoms with E-state index in [-0.39, 0.29) is 24.3 Å². The van der Waals surface area contributed by atoms with Crippen molar-refractivity contribution in [3.63, 3.8) is 0 Å². The quantitative estimate of drug-likeness (QED) is 0.672. The van der Waals surface area contributed by atoms with Crippen molar-refractivity contribution < 1.29 is 15.0 Å². The summed E-state index contributed by atoms with van der Waals surface area (Å²) in [6.45, 7) is 2.03. The van der Waals surface area contributed by atoms with Crippen molar-refractivity contribution in [2.45, 2.75) is 25.8 Å². The maximum absolute atomic E-state index is 11.6. The van der Waals surface area contributed by atoms with Crippen LogP contribution >= 0.6 is 0 Å². The first-order valence-electron chi connectivity index (χ1n) is 6.04. The Bertz CT molecular complexity index is 398. The van der Waals surface area contributed by atoms with Gasteiger partial charge in [-0.1, -0.05) is 19.1 Å². The molecule has 3 N–H and O–H groups in total. The second-order valence-corrected chi connectivity index (χ2v) is 4.05. The van der Waals surface area contributed by atoms with E-state index < -0.39 is 0 Å².